The number of nitrogens with zero attached hydrogens (tertiary/aromatic N) is 1. The van der Waals surface area contributed by atoms with Crippen molar-refractivity contribution in [2.75, 3.05) is 0 Å². The normalized spacial score (nSPS) is 10.7. The molecule has 2 nitrogen and oxygen atoms in total. The van der Waals surface area contributed by atoms with Crippen LogP contribution in [0.25, 0.3) is 11.3 Å². The van der Waals surface area contributed by atoms with Gasteiger partial charge in [0, 0.05) is 16.9 Å². The Morgan fingerprint density at radius 1 is 1.15 bits per heavy atom. The van der Waals surface area contributed by atoms with E-state index in [1.807, 2.05) is 25.1 Å². The van der Waals surface area contributed by atoms with Gasteiger partial charge in [-0.05, 0) is 23.9 Å². The van der Waals surface area contributed by atoms with Gasteiger partial charge in [-0.25, -0.2) is 4.98 Å². The van der Waals surface area contributed by atoms with E-state index < -0.39 is 0 Å². The van der Waals surface area contributed by atoms with Gasteiger partial charge < -0.3 is 4.98 Å². The molecular weight excluding hydrogens is 284 g/mol. The Labute approximate surface area is 127 Å². The van der Waals surface area contributed by atoms with Crippen LogP contribution < -0.4 is 0 Å². The fourth-order valence-corrected chi connectivity index (χ4v) is 3.06. The van der Waals surface area contributed by atoms with E-state index in [1.165, 1.54) is 4.88 Å². The molecule has 1 aromatic carbocycles. The fraction of sp³-hybridized carbons (Fsp3) is 0.125. The zero-order chi connectivity index (χ0) is 13.9. The third kappa shape index (κ3) is 2.71. The molecule has 0 aliphatic carbocycles. The van der Waals surface area contributed by atoms with Gasteiger partial charge in [0.1, 0.15) is 10.5 Å². The van der Waals surface area contributed by atoms with Crippen LogP contribution in [0.4, 0.5) is 0 Å². The first-order valence-electron chi connectivity index (χ1n) is 6.41. The van der Waals surface area contributed by atoms with Gasteiger partial charge >= 0.3 is 0 Å². The molecule has 0 amide bonds. The van der Waals surface area contributed by atoms with Crippen molar-refractivity contribution in [1.82, 2.24) is 9.97 Å². The number of aromatic amines is 1. The lowest BCUT2D eigenvalue weighted by Crippen LogP contribution is -2.00. The molecule has 4 heteroatoms. The van der Waals surface area contributed by atoms with E-state index >= 15 is 0 Å². The first-order chi connectivity index (χ1) is 9.74. The van der Waals surface area contributed by atoms with Crippen molar-refractivity contribution < 1.29 is 0 Å². The van der Waals surface area contributed by atoms with Crippen molar-refractivity contribution in [3.8, 4) is 11.3 Å². The van der Waals surface area contributed by atoms with Gasteiger partial charge in [-0.15, -0.1) is 11.3 Å². The Bertz CT molecular complexity index is 759. The lowest BCUT2D eigenvalue weighted by Gasteiger charge is -2.09. The summed E-state index contributed by atoms with van der Waals surface area (Å²) in [7, 11) is 0. The molecule has 0 saturated carbocycles. The smallest absolute Gasteiger partial charge is 0.133 e. The summed E-state index contributed by atoms with van der Waals surface area (Å²) < 4.78 is 0.675. The van der Waals surface area contributed by atoms with Crippen LogP contribution in [0.15, 0.2) is 47.8 Å². The Balaban J connectivity index is 2.06. The predicted octanol–water partition coefficient (Wildman–Crippen LogP) is 4.77. The van der Waals surface area contributed by atoms with Crippen molar-refractivity contribution in [2.45, 2.75) is 13.3 Å². The highest BCUT2D eigenvalue weighted by Crippen LogP contribution is 2.22. The molecule has 3 rings (SSSR count). The summed E-state index contributed by atoms with van der Waals surface area (Å²) in [5.41, 5.74) is 3.24. The third-order valence-corrected chi connectivity index (χ3v) is 4.46. The lowest BCUT2D eigenvalue weighted by atomic mass is 10.1. The maximum absolute atomic E-state index is 5.40. The number of rotatable bonds is 3. The largest absolute Gasteiger partial charge is 0.343 e. The highest BCUT2D eigenvalue weighted by atomic mass is 32.1. The van der Waals surface area contributed by atoms with Crippen molar-refractivity contribution >= 4 is 23.6 Å². The summed E-state index contributed by atoms with van der Waals surface area (Å²) in [6.45, 7) is 2.02. The number of thiophene rings is 1. The van der Waals surface area contributed by atoms with E-state index in [2.05, 4.69) is 39.6 Å². The topological polar surface area (TPSA) is 28.7 Å². The average Bonchev–Trinajstić information content (AvgIpc) is 2.96. The molecule has 0 spiro atoms. The average molecular weight is 298 g/mol. The summed E-state index contributed by atoms with van der Waals surface area (Å²) in [4.78, 5) is 9.22. The minimum absolute atomic E-state index is 0.675. The van der Waals surface area contributed by atoms with E-state index in [0.717, 1.165) is 29.1 Å². The molecular formula is C16H14N2S2. The first kappa shape index (κ1) is 13.2. The SMILES string of the molecule is Cc1c(-c2ccccc2)[nH]c(Cc2cccs2)nc1=S. The quantitative estimate of drug-likeness (QED) is 0.706. The summed E-state index contributed by atoms with van der Waals surface area (Å²) in [5.74, 6) is 0.918. The Hall–Kier alpha value is -1.78. The van der Waals surface area contributed by atoms with Crippen LogP contribution in [-0.2, 0) is 6.42 Å². The Morgan fingerprint density at radius 3 is 2.65 bits per heavy atom. The second-order valence-electron chi connectivity index (χ2n) is 4.61. The number of H-pyrrole nitrogens is 1. The molecule has 2 heterocycles. The van der Waals surface area contributed by atoms with Gasteiger partial charge in [0.25, 0.3) is 0 Å². The fourth-order valence-electron chi connectivity index (χ4n) is 2.13. The van der Waals surface area contributed by atoms with Crippen LogP contribution in [0.1, 0.15) is 16.3 Å². The number of benzene rings is 1. The molecule has 1 N–H and O–H groups in total. The second kappa shape index (κ2) is 5.69. The van der Waals surface area contributed by atoms with Crippen molar-refractivity contribution in [2.24, 2.45) is 0 Å². The first-order valence-corrected chi connectivity index (χ1v) is 7.70. The highest BCUT2D eigenvalue weighted by molar-refractivity contribution is 7.71. The van der Waals surface area contributed by atoms with Crippen molar-refractivity contribution in [3.05, 3.63) is 68.8 Å². The number of hydrogen-bond acceptors (Lipinski definition) is 3. The van der Waals surface area contributed by atoms with Gasteiger partial charge in [0.15, 0.2) is 0 Å². The maximum atomic E-state index is 5.40. The number of nitrogens with one attached hydrogen (secondary N) is 1. The van der Waals surface area contributed by atoms with E-state index in [1.54, 1.807) is 11.3 Å². The second-order valence-corrected chi connectivity index (χ2v) is 6.03. The van der Waals surface area contributed by atoms with Gasteiger partial charge in [0.05, 0.1) is 5.69 Å². The van der Waals surface area contributed by atoms with E-state index in [9.17, 15) is 0 Å². The summed E-state index contributed by atoms with van der Waals surface area (Å²) in [6.07, 6.45) is 0.793. The van der Waals surface area contributed by atoms with E-state index in [0.29, 0.717) is 4.64 Å². The Morgan fingerprint density at radius 2 is 1.95 bits per heavy atom. The van der Waals surface area contributed by atoms with Gasteiger partial charge in [-0.2, -0.15) is 0 Å². The molecule has 20 heavy (non-hydrogen) atoms. The molecule has 0 saturated heterocycles. The summed E-state index contributed by atoms with van der Waals surface area (Å²) in [5, 5.41) is 2.08. The molecule has 0 unspecified atom stereocenters. The molecule has 2 aromatic heterocycles. The van der Waals surface area contributed by atoms with E-state index in [-0.39, 0.29) is 0 Å². The number of aromatic nitrogens is 2. The van der Waals surface area contributed by atoms with Crippen LogP contribution in [0.2, 0.25) is 0 Å². The molecule has 0 bridgehead atoms. The van der Waals surface area contributed by atoms with Crippen molar-refractivity contribution in [3.63, 3.8) is 0 Å². The zero-order valence-corrected chi connectivity index (χ0v) is 12.7. The van der Waals surface area contributed by atoms with Crippen LogP contribution in [0.3, 0.4) is 0 Å². The highest BCUT2D eigenvalue weighted by Gasteiger charge is 2.08. The van der Waals surface area contributed by atoms with Crippen molar-refractivity contribution in [1.29, 1.82) is 0 Å². The number of hydrogen-bond donors (Lipinski definition) is 1. The lowest BCUT2D eigenvalue weighted by molar-refractivity contribution is 0.962. The van der Waals surface area contributed by atoms with E-state index in [4.69, 9.17) is 12.2 Å². The maximum Gasteiger partial charge on any atom is 0.133 e. The standard InChI is InChI=1S/C16H14N2S2/c1-11-15(12-6-3-2-4-7-12)17-14(18-16(11)19)10-13-8-5-9-20-13/h2-9H,10H2,1H3,(H,17,18,19). The molecule has 0 aliphatic rings. The molecule has 3 aromatic rings. The van der Waals surface area contributed by atoms with Crippen LogP contribution in [0.5, 0.6) is 0 Å². The molecule has 0 radical (unpaired) electrons. The predicted molar refractivity (Wildman–Crippen MR) is 86.7 cm³/mol. The molecule has 0 aliphatic heterocycles. The zero-order valence-electron chi connectivity index (χ0n) is 11.1. The monoisotopic (exact) mass is 298 g/mol. The van der Waals surface area contributed by atoms with Crippen LogP contribution in [0, 0.1) is 11.6 Å². The Kier molecular flexibility index (Phi) is 3.76. The minimum Gasteiger partial charge on any atom is -0.343 e. The summed E-state index contributed by atoms with van der Waals surface area (Å²) >= 11 is 7.13. The minimum atomic E-state index is 0.675. The summed E-state index contributed by atoms with van der Waals surface area (Å²) in [6, 6.07) is 14.4. The van der Waals surface area contributed by atoms with Crippen LogP contribution in [-0.4, -0.2) is 9.97 Å². The third-order valence-electron chi connectivity index (χ3n) is 3.19. The molecule has 0 atom stereocenters. The molecule has 100 valence electrons. The molecule has 0 fully saturated rings. The van der Waals surface area contributed by atoms with Gasteiger partial charge in [-0.1, -0.05) is 48.6 Å². The van der Waals surface area contributed by atoms with Gasteiger partial charge in [-0.3, -0.25) is 0 Å². The van der Waals surface area contributed by atoms with Crippen LogP contribution >= 0.6 is 23.6 Å². The van der Waals surface area contributed by atoms with Gasteiger partial charge in [0.2, 0.25) is 0 Å².